The summed E-state index contributed by atoms with van der Waals surface area (Å²) in [6.45, 7) is 5.25. The fourth-order valence-corrected chi connectivity index (χ4v) is 3.19. The van der Waals surface area contributed by atoms with E-state index in [1.807, 2.05) is 20.0 Å². The number of fused-ring (bicyclic) bond motifs is 2. The Balaban J connectivity index is 2.23. The first-order valence-electron chi connectivity index (χ1n) is 9.55. The number of aliphatic hydroxyl groups excluding tert-OH is 1. The van der Waals surface area contributed by atoms with Crippen molar-refractivity contribution in [3.63, 3.8) is 0 Å². The molecule has 0 aromatic carbocycles. The summed E-state index contributed by atoms with van der Waals surface area (Å²) in [5, 5.41) is 17.8. The highest BCUT2D eigenvalue weighted by molar-refractivity contribution is 5.76. The number of methoxy groups -OCH3 is 1. The van der Waals surface area contributed by atoms with E-state index in [1.165, 1.54) is 12.0 Å². The van der Waals surface area contributed by atoms with Gasteiger partial charge in [0.2, 0.25) is 5.91 Å². The first kappa shape index (κ1) is 22.1. The number of rotatable bonds is 4. The van der Waals surface area contributed by atoms with Crippen LogP contribution < -0.4 is 0 Å². The lowest BCUT2D eigenvalue weighted by Gasteiger charge is -2.34. The maximum Gasteiger partial charge on any atom is 0.409 e. The second kappa shape index (κ2) is 10.4. The summed E-state index contributed by atoms with van der Waals surface area (Å²) >= 11 is 0. The van der Waals surface area contributed by atoms with Gasteiger partial charge in [-0.2, -0.15) is 0 Å². The fraction of sp³-hybridized carbons (Fsp3) is 0.778. The van der Waals surface area contributed by atoms with Gasteiger partial charge in [-0.3, -0.25) is 9.48 Å². The molecule has 1 aliphatic heterocycles. The van der Waals surface area contributed by atoms with E-state index < -0.39 is 6.09 Å². The third-order valence-electron chi connectivity index (χ3n) is 4.99. The maximum atomic E-state index is 12.8. The molecule has 158 valence electrons. The molecule has 0 fully saturated rings. The molecule has 28 heavy (non-hydrogen) atoms. The van der Waals surface area contributed by atoms with Gasteiger partial charge < -0.3 is 24.4 Å². The molecular weight excluding hydrogens is 366 g/mol. The predicted molar refractivity (Wildman–Crippen MR) is 100 cm³/mol. The second-order valence-corrected chi connectivity index (χ2v) is 7.33. The standard InChI is InChI=1S/C18H31N5O5/c1-13-8-23(14(2)11-24)17(25)6-5-7-22-9-15(19-20-22)12-28-16(13)10-21(3)18(26)27-4/h9,13-14,16,24H,5-8,10-12H2,1-4H3/t13-,14-,16+/m0/s1. The van der Waals surface area contributed by atoms with Gasteiger partial charge in [0.1, 0.15) is 5.69 Å². The highest BCUT2D eigenvalue weighted by Gasteiger charge is 2.28. The Labute approximate surface area is 165 Å². The summed E-state index contributed by atoms with van der Waals surface area (Å²) in [5.74, 6) is -0.103. The van der Waals surface area contributed by atoms with Crippen molar-refractivity contribution in [3.05, 3.63) is 11.9 Å². The van der Waals surface area contributed by atoms with Crippen LogP contribution in [0.1, 0.15) is 32.4 Å². The van der Waals surface area contributed by atoms with Crippen LogP contribution in [0.3, 0.4) is 0 Å². The van der Waals surface area contributed by atoms with Crippen LogP contribution in [0.15, 0.2) is 6.20 Å². The van der Waals surface area contributed by atoms with E-state index in [1.54, 1.807) is 16.6 Å². The Hall–Kier alpha value is -2.20. The van der Waals surface area contributed by atoms with Crippen LogP contribution in [0.2, 0.25) is 0 Å². The first-order valence-corrected chi connectivity index (χ1v) is 9.55. The number of ether oxygens (including phenoxy) is 2. The van der Waals surface area contributed by atoms with Crippen LogP contribution in [0.5, 0.6) is 0 Å². The minimum Gasteiger partial charge on any atom is -0.453 e. The van der Waals surface area contributed by atoms with Crippen LogP contribution in [0.4, 0.5) is 4.79 Å². The molecule has 10 heteroatoms. The maximum absolute atomic E-state index is 12.8. The largest absolute Gasteiger partial charge is 0.453 e. The average Bonchev–Trinajstić information content (AvgIpc) is 3.14. The molecule has 10 nitrogen and oxygen atoms in total. The van der Waals surface area contributed by atoms with Crippen LogP contribution in [0.25, 0.3) is 0 Å². The monoisotopic (exact) mass is 397 g/mol. The lowest BCUT2D eigenvalue weighted by molar-refractivity contribution is -0.136. The molecular formula is C18H31N5O5. The van der Waals surface area contributed by atoms with E-state index >= 15 is 0 Å². The van der Waals surface area contributed by atoms with Crippen molar-refractivity contribution >= 4 is 12.0 Å². The molecule has 1 aromatic rings. The number of hydrogen-bond acceptors (Lipinski definition) is 7. The number of nitrogens with zero attached hydrogens (tertiary/aromatic N) is 5. The summed E-state index contributed by atoms with van der Waals surface area (Å²) in [6, 6.07) is -0.295. The summed E-state index contributed by atoms with van der Waals surface area (Å²) in [5.41, 5.74) is 0.698. The number of aryl methyl sites for hydroxylation is 1. The van der Waals surface area contributed by atoms with Gasteiger partial charge in [-0.1, -0.05) is 12.1 Å². The third kappa shape index (κ3) is 5.90. The highest BCUT2D eigenvalue weighted by atomic mass is 16.5. The summed E-state index contributed by atoms with van der Waals surface area (Å²) in [6.07, 6.45) is 2.00. The molecule has 0 saturated heterocycles. The number of likely N-dealkylation sites (N-methyl/N-ethyl adjacent to an activating group) is 1. The lowest BCUT2D eigenvalue weighted by Crippen LogP contribution is -2.47. The molecule has 2 rings (SSSR count). The Morgan fingerprint density at radius 2 is 2.29 bits per heavy atom. The van der Waals surface area contributed by atoms with Crippen LogP contribution in [-0.4, -0.2) is 87.9 Å². The average molecular weight is 397 g/mol. The van der Waals surface area contributed by atoms with Crippen LogP contribution in [0, 0.1) is 5.92 Å². The quantitative estimate of drug-likeness (QED) is 0.788. The topological polar surface area (TPSA) is 110 Å². The van der Waals surface area contributed by atoms with E-state index in [4.69, 9.17) is 9.47 Å². The fourth-order valence-electron chi connectivity index (χ4n) is 3.19. The minimum absolute atomic E-state index is 0.0203. The molecule has 0 saturated carbocycles. The SMILES string of the molecule is COC(=O)N(C)C[C@H]1OCc2cn(nn2)CCCC(=O)N([C@@H](C)CO)C[C@@H]1C. The van der Waals surface area contributed by atoms with Gasteiger partial charge in [0, 0.05) is 32.5 Å². The zero-order valence-corrected chi connectivity index (χ0v) is 17.1. The summed E-state index contributed by atoms with van der Waals surface area (Å²) in [7, 11) is 2.97. The molecule has 0 aliphatic carbocycles. The molecule has 0 unspecified atom stereocenters. The minimum atomic E-state index is -0.457. The molecule has 1 N–H and O–H groups in total. The normalized spacial score (nSPS) is 22.6. The van der Waals surface area contributed by atoms with Gasteiger partial charge in [-0.25, -0.2) is 4.79 Å². The van der Waals surface area contributed by atoms with E-state index in [0.29, 0.717) is 38.2 Å². The van der Waals surface area contributed by atoms with Gasteiger partial charge in [-0.05, 0) is 13.3 Å². The van der Waals surface area contributed by atoms with Gasteiger partial charge in [0.25, 0.3) is 0 Å². The highest BCUT2D eigenvalue weighted by Crippen LogP contribution is 2.17. The van der Waals surface area contributed by atoms with Crippen LogP contribution in [-0.2, 0) is 27.4 Å². The van der Waals surface area contributed by atoms with Gasteiger partial charge in [-0.15, -0.1) is 5.10 Å². The van der Waals surface area contributed by atoms with Gasteiger partial charge in [0.15, 0.2) is 0 Å². The van der Waals surface area contributed by atoms with Crippen molar-refractivity contribution in [2.45, 2.75) is 52.0 Å². The van der Waals surface area contributed by atoms with Crippen molar-refractivity contribution in [3.8, 4) is 0 Å². The molecule has 1 aromatic heterocycles. The first-order chi connectivity index (χ1) is 13.3. The summed E-state index contributed by atoms with van der Waals surface area (Å²) in [4.78, 5) is 27.7. The van der Waals surface area contributed by atoms with Crippen molar-refractivity contribution in [2.24, 2.45) is 5.92 Å². The Bertz CT molecular complexity index is 652. The molecule has 3 atom stereocenters. The van der Waals surface area contributed by atoms with Crippen molar-refractivity contribution in [2.75, 3.05) is 33.9 Å². The van der Waals surface area contributed by atoms with E-state index in [2.05, 4.69) is 10.3 Å². The van der Waals surface area contributed by atoms with Crippen LogP contribution >= 0.6 is 0 Å². The van der Waals surface area contributed by atoms with E-state index in [9.17, 15) is 14.7 Å². The molecule has 2 amide bonds. The number of aromatic nitrogens is 3. The molecule has 0 radical (unpaired) electrons. The zero-order valence-electron chi connectivity index (χ0n) is 17.1. The Kier molecular flexibility index (Phi) is 8.18. The summed E-state index contributed by atoms with van der Waals surface area (Å²) < 4.78 is 12.5. The Morgan fingerprint density at radius 1 is 1.54 bits per heavy atom. The molecule has 0 spiro atoms. The van der Waals surface area contributed by atoms with E-state index in [0.717, 1.165) is 0 Å². The number of aliphatic hydroxyl groups is 1. The van der Waals surface area contributed by atoms with E-state index in [-0.39, 0.29) is 37.2 Å². The molecule has 2 bridgehead atoms. The second-order valence-electron chi connectivity index (χ2n) is 7.33. The number of hydrogen-bond donors (Lipinski definition) is 1. The van der Waals surface area contributed by atoms with Crippen molar-refractivity contribution in [1.82, 2.24) is 24.8 Å². The smallest absolute Gasteiger partial charge is 0.409 e. The number of carbonyl (C=O) groups excluding carboxylic acids is 2. The predicted octanol–water partition coefficient (Wildman–Crippen LogP) is 0.501. The third-order valence-corrected chi connectivity index (χ3v) is 4.99. The molecule has 1 aliphatic rings. The lowest BCUT2D eigenvalue weighted by atomic mass is 10.0. The Morgan fingerprint density at radius 3 is 2.96 bits per heavy atom. The molecule has 2 heterocycles. The van der Waals surface area contributed by atoms with Crippen molar-refractivity contribution in [1.29, 1.82) is 0 Å². The van der Waals surface area contributed by atoms with Gasteiger partial charge >= 0.3 is 6.09 Å². The van der Waals surface area contributed by atoms with Crippen molar-refractivity contribution < 1.29 is 24.2 Å². The number of amides is 2. The number of carbonyl (C=O) groups is 2. The zero-order chi connectivity index (χ0) is 20.7. The van der Waals surface area contributed by atoms with Gasteiger partial charge in [0.05, 0.1) is 45.2 Å².